The normalized spacial score (nSPS) is 12.7. The third kappa shape index (κ3) is 2.96. The highest BCUT2D eigenvalue weighted by Crippen LogP contribution is 2.23. The van der Waals surface area contributed by atoms with Crippen molar-refractivity contribution >= 4 is 0 Å². The summed E-state index contributed by atoms with van der Waals surface area (Å²) in [5.74, 6) is 1.80. The summed E-state index contributed by atoms with van der Waals surface area (Å²) in [5.41, 5.74) is 7.99. The molecule has 0 spiro atoms. The summed E-state index contributed by atoms with van der Waals surface area (Å²) in [6.45, 7) is 5.99. The molecule has 4 heteroatoms. The van der Waals surface area contributed by atoms with E-state index in [0.29, 0.717) is 0 Å². The van der Waals surface area contributed by atoms with Crippen LogP contribution in [0, 0.1) is 0 Å². The van der Waals surface area contributed by atoms with Crippen molar-refractivity contribution in [1.29, 1.82) is 0 Å². The Hall–Kier alpha value is -1.81. The average molecular weight is 259 g/mol. The molecule has 1 atom stereocenters. The van der Waals surface area contributed by atoms with Crippen molar-refractivity contribution in [3.63, 3.8) is 0 Å². The molecule has 2 rings (SSSR count). The van der Waals surface area contributed by atoms with Crippen molar-refractivity contribution in [2.45, 2.75) is 32.9 Å². The molecule has 0 amide bonds. The summed E-state index contributed by atoms with van der Waals surface area (Å²) in [5, 5.41) is 0. The van der Waals surface area contributed by atoms with Crippen molar-refractivity contribution in [3.05, 3.63) is 36.2 Å². The van der Waals surface area contributed by atoms with Gasteiger partial charge in [-0.25, -0.2) is 4.98 Å². The molecular formula is C15H21N3O. The SMILES string of the molecule is CC(C)Oc1ccc(-c2ncc(C(C)N)n2C)cc1. The smallest absolute Gasteiger partial charge is 0.139 e. The van der Waals surface area contributed by atoms with Crippen molar-refractivity contribution < 1.29 is 4.74 Å². The van der Waals surface area contributed by atoms with E-state index in [1.165, 1.54) is 0 Å². The number of rotatable bonds is 4. The lowest BCUT2D eigenvalue weighted by atomic mass is 10.2. The minimum absolute atomic E-state index is 0.0187. The Morgan fingerprint density at radius 3 is 2.26 bits per heavy atom. The van der Waals surface area contributed by atoms with E-state index < -0.39 is 0 Å². The van der Waals surface area contributed by atoms with E-state index >= 15 is 0 Å². The van der Waals surface area contributed by atoms with Gasteiger partial charge < -0.3 is 15.0 Å². The maximum absolute atomic E-state index is 5.90. The molecule has 0 bridgehead atoms. The van der Waals surface area contributed by atoms with Gasteiger partial charge in [0.25, 0.3) is 0 Å². The highest BCUT2D eigenvalue weighted by atomic mass is 16.5. The monoisotopic (exact) mass is 259 g/mol. The van der Waals surface area contributed by atoms with Crippen molar-refractivity contribution in [3.8, 4) is 17.1 Å². The molecule has 4 nitrogen and oxygen atoms in total. The van der Waals surface area contributed by atoms with Crippen LogP contribution in [0.25, 0.3) is 11.4 Å². The van der Waals surface area contributed by atoms with Gasteiger partial charge in [-0.05, 0) is 45.0 Å². The van der Waals surface area contributed by atoms with Gasteiger partial charge in [-0.1, -0.05) is 0 Å². The predicted molar refractivity (Wildman–Crippen MR) is 77.0 cm³/mol. The molecule has 0 radical (unpaired) electrons. The molecule has 0 aliphatic rings. The molecule has 2 aromatic rings. The van der Waals surface area contributed by atoms with E-state index in [2.05, 4.69) is 4.98 Å². The van der Waals surface area contributed by atoms with Crippen LogP contribution in [0.1, 0.15) is 32.5 Å². The van der Waals surface area contributed by atoms with Gasteiger partial charge in [-0.15, -0.1) is 0 Å². The second-order valence-electron chi connectivity index (χ2n) is 5.05. The molecule has 102 valence electrons. The summed E-state index contributed by atoms with van der Waals surface area (Å²) in [4.78, 5) is 4.44. The molecule has 0 fully saturated rings. The zero-order valence-corrected chi connectivity index (χ0v) is 11.9. The second kappa shape index (κ2) is 5.45. The molecule has 1 heterocycles. The van der Waals surface area contributed by atoms with E-state index in [4.69, 9.17) is 10.5 Å². The first kappa shape index (κ1) is 13.6. The largest absolute Gasteiger partial charge is 0.491 e. The topological polar surface area (TPSA) is 53.1 Å². The highest BCUT2D eigenvalue weighted by Gasteiger charge is 2.11. The Morgan fingerprint density at radius 2 is 1.79 bits per heavy atom. The molecule has 0 saturated carbocycles. The number of aromatic nitrogens is 2. The van der Waals surface area contributed by atoms with Gasteiger partial charge in [0, 0.05) is 18.7 Å². The summed E-state index contributed by atoms with van der Waals surface area (Å²) in [6.07, 6.45) is 2.02. The summed E-state index contributed by atoms with van der Waals surface area (Å²) >= 11 is 0. The third-order valence-electron chi connectivity index (χ3n) is 2.97. The first-order valence-corrected chi connectivity index (χ1v) is 6.53. The molecule has 0 saturated heterocycles. The second-order valence-corrected chi connectivity index (χ2v) is 5.05. The van der Waals surface area contributed by atoms with Gasteiger partial charge in [0.15, 0.2) is 0 Å². The number of imidazole rings is 1. The van der Waals surface area contributed by atoms with E-state index in [1.54, 1.807) is 0 Å². The van der Waals surface area contributed by atoms with Gasteiger partial charge in [0.2, 0.25) is 0 Å². The maximum Gasteiger partial charge on any atom is 0.139 e. The summed E-state index contributed by atoms with van der Waals surface area (Å²) in [7, 11) is 1.99. The Balaban J connectivity index is 2.27. The van der Waals surface area contributed by atoms with E-state index in [1.807, 2.05) is 62.8 Å². The fourth-order valence-electron chi connectivity index (χ4n) is 2.07. The first-order chi connectivity index (χ1) is 8.99. The minimum Gasteiger partial charge on any atom is -0.491 e. The van der Waals surface area contributed by atoms with Gasteiger partial charge in [0.05, 0.1) is 18.0 Å². The number of nitrogens with zero attached hydrogens (tertiary/aromatic N) is 2. The van der Waals surface area contributed by atoms with Gasteiger partial charge in [-0.2, -0.15) is 0 Å². The van der Waals surface area contributed by atoms with Crippen LogP contribution in [-0.4, -0.2) is 15.7 Å². The molecule has 1 aromatic carbocycles. The lowest BCUT2D eigenvalue weighted by Gasteiger charge is -2.11. The van der Waals surface area contributed by atoms with Crippen molar-refractivity contribution in [2.75, 3.05) is 0 Å². The van der Waals surface area contributed by atoms with E-state index in [-0.39, 0.29) is 12.1 Å². The molecule has 1 aromatic heterocycles. The Bertz CT molecular complexity index is 541. The van der Waals surface area contributed by atoms with Crippen molar-refractivity contribution in [1.82, 2.24) is 9.55 Å². The van der Waals surface area contributed by atoms with Crippen molar-refractivity contribution in [2.24, 2.45) is 12.8 Å². The number of ether oxygens (including phenoxy) is 1. The van der Waals surface area contributed by atoms with Crippen LogP contribution in [0.15, 0.2) is 30.5 Å². The molecule has 0 aliphatic carbocycles. The van der Waals surface area contributed by atoms with Crippen LogP contribution in [0.3, 0.4) is 0 Å². The summed E-state index contributed by atoms with van der Waals surface area (Å²) in [6, 6.07) is 7.95. The minimum atomic E-state index is -0.0187. The van der Waals surface area contributed by atoms with Gasteiger partial charge in [-0.3, -0.25) is 0 Å². The zero-order chi connectivity index (χ0) is 14.0. The van der Waals surface area contributed by atoms with Gasteiger partial charge in [0.1, 0.15) is 11.6 Å². The average Bonchev–Trinajstić information content (AvgIpc) is 2.71. The number of hydrogen-bond acceptors (Lipinski definition) is 3. The quantitative estimate of drug-likeness (QED) is 0.918. The van der Waals surface area contributed by atoms with E-state index in [9.17, 15) is 0 Å². The van der Waals surface area contributed by atoms with Crippen LogP contribution in [-0.2, 0) is 7.05 Å². The first-order valence-electron chi connectivity index (χ1n) is 6.53. The predicted octanol–water partition coefficient (Wildman–Crippen LogP) is 2.89. The Kier molecular flexibility index (Phi) is 3.90. The lowest BCUT2D eigenvalue weighted by Crippen LogP contribution is -2.10. The van der Waals surface area contributed by atoms with Crippen LogP contribution < -0.4 is 10.5 Å². The highest BCUT2D eigenvalue weighted by molar-refractivity contribution is 5.57. The standard InChI is InChI=1S/C15H21N3O/c1-10(2)19-13-7-5-12(6-8-13)15-17-9-14(11(3)16)18(15)4/h5-11H,16H2,1-4H3. The molecular weight excluding hydrogens is 238 g/mol. The third-order valence-corrected chi connectivity index (χ3v) is 2.97. The molecule has 1 unspecified atom stereocenters. The number of benzene rings is 1. The maximum atomic E-state index is 5.90. The van der Waals surface area contributed by atoms with E-state index in [0.717, 1.165) is 22.8 Å². The Morgan fingerprint density at radius 1 is 1.16 bits per heavy atom. The summed E-state index contributed by atoms with van der Waals surface area (Å²) < 4.78 is 7.66. The fourth-order valence-corrected chi connectivity index (χ4v) is 2.07. The molecule has 2 N–H and O–H groups in total. The fraction of sp³-hybridized carbons (Fsp3) is 0.400. The Labute approximate surface area is 114 Å². The number of nitrogens with two attached hydrogens (primary N) is 1. The van der Waals surface area contributed by atoms with Crippen LogP contribution in [0.5, 0.6) is 5.75 Å². The van der Waals surface area contributed by atoms with Gasteiger partial charge >= 0.3 is 0 Å². The molecule has 0 aliphatic heterocycles. The lowest BCUT2D eigenvalue weighted by molar-refractivity contribution is 0.242. The number of hydrogen-bond donors (Lipinski definition) is 1. The van der Waals surface area contributed by atoms with Crippen LogP contribution in [0.2, 0.25) is 0 Å². The van der Waals surface area contributed by atoms with Crippen LogP contribution in [0.4, 0.5) is 0 Å². The van der Waals surface area contributed by atoms with Crippen LogP contribution >= 0.6 is 0 Å². The molecule has 19 heavy (non-hydrogen) atoms. The zero-order valence-electron chi connectivity index (χ0n) is 11.9.